The lowest BCUT2D eigenvalue weighted by molar-refractivity contribution is 0.0965. The predicted octanol–water partition coefficient (Wildman–Crippen LogP) is 5.92. The molecule has 2 heterocycles. The fraction of sp³-hybridized carbons (Fsp3) is 0.231. The monoisotopic (exact) mass is 622 g/mol. The van der Waals surface area contributed by atoms with Crippen molar-refractivity contribution >= 4 is 54.7 Å². The van der Waals surface area contributed by atoms with Gasteiger partial charge < -0.3 is 5.32 Å². The maximum atomic E-state index is 14.2. The lowest BCUT2D eigenvalue weighted by Gasteiger charge is -2.14. The molecule has 4 aromatic rings. The van der Waals surface area contributed by atoms with Gasteiger partial charge in [-0.05, 0) is 76.5 Å². The van der Waals surface area contributed by atoms with E-state index in [1.807, 2.05) is 0 Å². The zero-order valence-electron chi connectivity index (χ0n) is 20.1. The summed E-state index contributed by atoms with van der Waals surface area (Å²) >= 11 is 8.94. The highest BCUT2D eigenvalue weighted by atomic mass is 79.9. The molecule has 0 aliphatic heterocycles. The van der Waals surface area contributed by atoms with Crippen LogP contribution < -0.4 is 10.0 Å². The van der Waals surface area contributed by atoms with Crippen LogP contribution in [0, 0.1) is 11.6 Å². The van der Waals surface area contributed by atoms with E-state index in [2.05, 4.69) is 31.1 Å². The Bertz CT molecular complexity index is 1670. The zero-order valence-corrected chi connectivity index (χ0v) is 23.2. The molecule has 0 radical (unpaired) electrons. The Kier molecular flexibility index (Phi) is 7.19. The molecule has 2 aromatic heterocycles. The summed E-state index contributed by atoms with van der Waals surface area (Å²) < 4.78 is 58.2. The lowest BCUT2D eigenvalue weighted by Crippen LogP contribution is -2.20. The highest BCUT2D eigenvalue weighted by molar-refractivity contribution is 9.10. The van der Waals surface area contributed by atoms with Gasteiger partial charge in [0.25, 0.3) is 5.91 Å². The Morgan fingerprint density at radius 3 is 2.53 bits per heavy atom. The number of carbonyl (C=O) groups is 1. The summed E-state index contributed by atoms with van der Waals surface area (Å²) in [4.78, 5) is 12.9. The summed E-state index contributed by atoms with van der Waals surface area (Å²) in [6.07, 6.45) is 3.09. The van der Waals surface area contributed by atoms with E-state index in [4.69, 9.17) is 11.6 Å². The Labute approximate surface area is 231 Å². The van der Waals surface area contributed by atoms with E-state index in [-0.39, 0.29) is 28.3 Å². The van der Waals surface area contributed by atoms with Gasteiger partial charge in [0.15, 0.2) is 11.6 Å². The second-order valence-electron chi connectivity index (χ2n) is 9.06. The van der Waals surface area contributed by atoms with E-state index < -0.39 is 27.4 Å². The standard InChI is InChI=1S/C26H22BrClF2N4O3S/c1-31-26(35)22-21-12-18(14-2-3-14)20(13-34(21)32-25(22)16-4-7-17(28)8-5-16)33-38(36,37)11-10-15-6-9-19(27)24(30)23(15)29/h4-9,12-14,33H,2-3,10-11H2,1H3,(H,31,35). The number of carbonyl (C=O) groups excluding carboxylic acids is 1. The van der Waals surface area contributed by atoms with Crippen molar-refractivity contribution in [1.82, 2.24) is 14.9 Å². The number of anilines is 1. The Balaban J connectivity index is 1.52. The Hall–Kier alpha value is -3.02. The molecule has 7 nitrogen and oxygen atoms in total. The minimum absolute atomic E-state index is 0.0320. The van der Waals surface area contributed by atoms with Crippen LogP contribution in [0.15, 0.2) is 53.1 Å². The molecule has 12 heteroatoms. The van der Waals surface area contributed by atoms with Gasteiger partial charge in [0.05, 0.1) is 33.2 Å². The normalized spacial score (nSPS) is 13.6. The van der Waals surface area contributed by atoms with Crippen molar-refractivity contribution in [3.63, 3.8) is 0 Å². The lowest BCUT2D eigenvalue weighted by atomic mass is 10.0. The topological polar surface area (TPSA) is 92.6 Å². The van der Waals surface area contributed by atoms with Crippen molar-refractivity contribution in [3.05, 3.63) is 86.5 Å². The van der Waals surface area contributed by atoms with Crippen LogP contribution in [0.2, 0.25) is 5.02 Å². The fourth-order valence-electron chi connectivity index (χ4n) is 4.30. The summed E-state index contributed by atoms with van der Waals surface area (Å²) in [6, 6.07) is 11.4. The second kappa shape index (κ2) is 10.3. The van der Waals surface area contributed by atoms with Crippen LogP contribution in [0.1, 0.15) is 40.2 Å². The van der Waals surface area contributed by atoms with E-state index >= 15 is 0 Å². The van der Waals surface area contributed by atoms with Crippen molar-refractivity contribution in [1.29, 1.82) is 0 Å². The Morgan fingerprint density at radius 1 is 1.16 bits per heavy atom. The number of sulfonamides is 1. The van der Waals surface area contributed by atoms with Crippen molar-refractivity contribution in [2.75, 3.05) is 17.5 Å². The number of fused-ring (bicyclic) bond motifs is 1. The maximum absolute atomic E-state index is 14.2. The third kappa shape index (κ3) is 5.27. The largest absolute Gasteiger partial charge is 0.355 e. The molecule has 1 fully saturated rings. The van der Waals surface area contributed by atoms with E-state index in [0.717, 1.165) is 18.4 Å². The number of hydrogen-bond acceptors (Lipinski definition) is 4. The molecule has 38 heavy (non-hydrogen) atoms. The van der Waals surface area contributed by atoms with Crippen molar-refractivity contribution in [2.24, 2.45) is 0 Å². The molecular formula is C26H22BrClF2N4O3S. The molecule has 0 atom stereocenters. The average molecular weight is 624 g/mol. The quantitative estimate of drug-likeness (QED) is 0.239. The van der Waals surface area contributed by atoms with Gasteiger partial charge in [-0.25, -0.2) is 21.7 Å². The van der Waals surface area contributed by atoms with Crippen LogP contribution in [-0.2, 0) is 16.4 Å². The highest BCUT2D eigenvalue weighted by Crippen LogP contribution is 2.45. The molecule has 0 saturated heterocycles. The van der Waals surface area contributed by atoms with Gasteiger partial charge >= 0.3 is 0 Å². The van der Waals surface area contributed by atoms with Crippen LogP contribution >= 0.6 is 27.5 Å². The molecule has 5 rings (SSSR count). The predicted molar refractivity (Wildman–Crippen MR) is 146 cm³/mol. The number of hydrogen-bond donors (Lipinski definition) is 2. The molecule has 1 saturated carbocycles. The van der Waals surface area contributed by atoms with Crippen LogP contribution in [0.3, 0.4) is 0 Å². The molecule has 1 aliphatic carbocycles. The number of halogens is 4. The third-order valence-corrected chi connectivity index (χ3v) is 8.55. The van der Waals surface area contributed by atoms with Crippen molar-refractivity contribution in [2.45, 2.75) is 25.2 Å². The van der Waals surface area contributed by atoms with Gasteiger partial charge in [0.2, 0.25) is 10.0 Å². The number of aromatic nitrogens is 2. The minimum Gasteiger partial charge on any atom is -0.355 e. The summed E-state index contributed by atoms with van der Waals surface area (Å²) in [6.45, 7) is 0. The van der Waals surface area contributed by atoms with E-state index in [9.17, 15) is 22.0 Å². The van der Waals surface area contributed by atoms with Crippen molar-refractivity contribution < 1.29 is 22.0 Å². The van der Waals surface area contributed by atoms with Crippen LogP contribution in [0.5, 0.6) is 0 Å². The van der Waals surface area contributed by atoms with Gasteiger partial charge in [-0.1, -0.05) is 29.8 Å². The molecule has 0 spiro atoms. The number of aryl methyl sites for hydroxylation is 1. The van der Waals surface area contributed by atoms with Gasteiger partial charge in [0, 0.05) is 17.6 Å². The molecule has 0 unspecified atom stereocenters. The van der Waals surface area contributed by atoms with Gasteiger partial charge in [-0.3, -0.25) is 9.52 Å². The smallest absolute Gasteiger partial charge is 0.255 e. The average Bonchev–Trinajstić information content (AvgIpc) is 3.67. The SMILES string of the molecule is CNC(=O)c1c(-c2ccc(Cl)cc2)nn2cc(NS(=O)(=O)CCc3ccc(Br)c(F)c3F)c(C3CC3)cc12. The number of nitrogens with one attached hydrogen (secondary N) is 2. The van der Waals surface area contributed by atoms with Gasteiger partial charge in [0.1, 0.15) is 5.69 Å². The van der Waals surface area contributed by atoms with Gasteiger partial charge in [-0.15, -0.1) is 0 Å². The first-order valence-electron chi connectivity index (χ1n) is 11.7. The number of benzene rings is 2. The number of pyridine rings is 1. The van der Waals surface area contributed by atoms with Crippen LogP contribution in [0.4, 0.5) is 14.5 Å². The molecule has 0 bridgehead atoms. The zero-order chi connectivity index (χ0) is 27.2. The number of rotatable bonds is 8. The van der Waals surface area contributed by atoms with Crippen LogP contribution in [-0.4, -0.2) is 36.7 Å². The first kappa shape index (κ1) is 26.6. The molecule has 1 aliphatic rings. The van der Waals surface area contributed by atoms with E-state index in [1.54, 1.807) is 36.5 Å². The number of amides is 1. The summed E-state index contributed by atoms with van der Waals surface area (Å²) in [5, 5.41) is 7.79. The van der Waals surface area contributed by atoms with Gasteiger partial charge in [-0.2, -0.15) is 5.10 Å². The Morgan fingerprint density at radius 2 is 1.87 bits per heavy atom. The maximum Gasteiger partial charge on any atom is 0.255 e. The first-order valence-corrected chi connectivity index (χ1v) is 14.6. The second-order valence-corrected chi connectivity index (χ2v) is 12.2. The summed E-state index contributed by atoms with van der Waals surface area (Å²) in [5.74, 6) is -2.80. The molecular weight excluding hydrogens is 602 g/mol. The summed E-state index contributed by atoms with van der Waals surface area (Å²) in [7, 11) is -2.41. The summed E-state index contributed by atoms with van der Waals surface area (Å²) in [5.41, 5.74) is 3.03. The minimum atomic E-state index is -3.94. The molecule has 2 aromatic carbocycles. The van der Waals surface area contributed by atoms with E-state index in [1.165, 1.54) is 23.7 Å². The molecule has 1 amide bonds. The van der Waals surface area contributed by atoms with Crippen molar-refractivity contribution in [3.8, 4) is 11.3 Å². The molecule has 198 valence electrons. The highest BCUT2D eigenvalue weighted by Gasteiger charge is 2.30. The number of nitrogens with zero attached hydrogens (tertiary/aromatic N) is 2. The van der Waals surface area contributed by atoms with Crippen LogP contribution in [0.25, 0.3) is 16.8 Å². The first-order chi connectivity index (χ1) is 18.1. The van der Waals surface area contributed by atoms with E-state index in [0.29, 0.717) is 33.0 Å². The third-order valence-electron chi connectivity index (χ3n) is 6.41. The molecule has 2 N–H and O–H groups in total. The fourth-order valence-corrected chi connectivity index (χ4v) is 5.83.